The maximum atomic E-state index is 12.1. The van der Waals surface area contributed by atoms with Gasteiger partial charge in [0.25, 0.3) is 0 Å². The fourth-order valence-electron chi connectivity index (χ4n) is 2.18. The fraction of sp³-hybridized carbons (Fsp3) is 0.286. The van der Waals surface area contributed by atoms with Crippen molar-refractivity contribution in [2.75, 3.05) is 0 Å². The first-order valence-electron chi connectivity index (χ1n) is 6.37. The monoisotopic (exact) mass is 328 g/mol. The Kier molecular flexibility index (Phi) is 4.75. The highest BCUT2D eigenvalue weighted by molar-refractivity contribution is 6.35. The number of imidazole rings is 1. The molecule has 0 spiro atoms. The molecule has 0 saturated carbocycles. The minimum absolute atomic E-state index is 0.333. The molecule has 2 aromatic rings. The minimum Gasteiger partial charge on any atom is -0.480 e. The zero-order valence-corrected chi connectivity index (χ0v) is 12.9. The zero-order chi connectivity index (χ0) is 15.6. The second-order valence-electron chi connectivity index (χ2n) is 4.58. The number of rotatable bonds is 5. The number of benzene rings is 1. The molecule has 1 heterocycles. The van der Waals surface area contributed by atoms with Crippen molar-refractivity contribution in [2.45, 2.75) is 26.4 Å². The molecule has 0 radical (unpaired) electrons. The number of carbonyl (C=O) groups is 1. The van der Waals surface area contributed by atoms with E-state index in [9.17, 15) is 9.59 Å². The standard InChI is InChI=1S/C14H14Cl2N2O3/c1-2-18-11(7-17(14(18)21)8-13(19)20)5-9-3-4-10(15)6-12(9)16/h3-4,6-7H,2,5,8H2,1H3,(H,19,20). The molecule has 0 amide bonds. The van der Waals surface area contributed by atoms with Gasteiger partial charge in [0.05, 0.1) is 0 Å². The summed E-state index contributed by atoms with van der Waals surface area (Å²) in [5, 5.41) is 9.88. The van der Waals surface area contributed by atoms with Crippen molar-refractivity contribution in [3.8, 4) is 0 Å². The van der Waals surface area contributed by atoms with E-state index in [1.807, 2.05) is 6.92 Å². The number of halogens is 2. The molecule has 0 saturated heterocycles. The van der Waals surface area contributed by atoms with E-state index in [2.05, 4.69) is 0 Å². The number of carboxylic acids is 1. The number of aliphatic carboxylic acids is 1. The third-order valence-electron chi connectivity index (χ3n) is 3.14. The van der Waals surface area contributed by atoms with Gasteiger partial charge in [0.2, 0.25) is 0 Å². The molecule has 0 aliphatic carbocycles. The van der Waals surface area contributed by atoms with Crippen LogP contribution in [0.25, 0.3) is 0 Å². The van der Waals surface area contributed by atoms with E-state index in [1.54, 1.807) is 24.4 Å². The minimum atomic E-state index is -1.05. The highest BCUT2D eigenvalue weighted by atomic mass is 35.5. The lowest BCUT2D eigenvalue weighted by Gasteiger charge is -2.06. The molecule has 5 nitrogen and oxygen atoms in total. The third kappa shape index (κ3) is 3.49. The second kappa shape index (κ2) is 6.37. The van der Waals surface area contributed by atoms with E-state index in [1.165, 1.54) is 9.13 Å². The van der Waals surface area contributed by atoms with Crippen LogP contribution in [0.2, 0.25) is 10.0 Å². The molecule has 7 heteroatoms. The average molecular weight is 329 g/mol. The molecule has 0 fully saturated rings. The van der Waals surface area contributed by atoms with Crippen LogP contribution in [0, 0.1) is 0 Å². The maximum absolute atomic E-state index is 12.1. The molecule has 0 aliphatic rings. The van der Waals surface area contributed by atoms with Crippen LogP contribution in [-0.4, -0.2) is 20.2 Å². The van der Waals surface area contributed by atoms with E-state index < -0.39 is 5.97 Å². The molecule has 0 bridgehead atoms. The Morgan fingerprint density at radius 3 is 2.62 bits per heavy atom. The first-order valence-corrected chi connectivity index (χ1v) is 7.12. The molecule has 2 rings (SSSR count). The van der Waals surface area contributed by atoms with Crippen molar-refractivity contribution < 1.29 is 9.90 Å². The molecule has 1 aromatic heterocycles. The van der Waals surface area contributed by atoms with E-state index in [0.717, 1.165) is 5.56 Å². The number of hydrogen-bond acceptors (Lipinski definition) is 2. The van der Waals surface area contributed by atoms with Crippen molar-refractivity contribution in [2.24, 2.45) is 0 Å². The van der Waals surface area contributed by atoms with Crippen LogP contribution in [0.1, 0.15) is 18.2 Å². The van der Waals surface area contributed by atoms with E-state index >= 15 is 0 Å². The van der Waals surface area contributed by atoms with Crippen LogP contribution in [0.5, 0.6) is 0 Å². The van der Waals surface area contributed by atoms with Gasteiger partial charge in [0.1, 0.15) is 6.54 Å². The van der Waals surface area contributed by atoms with Gasteiger partial charge in [-0.05, 0) is 24.6 Å². The Bertz CT molecular complexity index is 734. The summed E-state index contributed by atoms with van der Waals surface area (Å²) in [7, 11) is 0. The molecule has 1 aromatic carbocycles. The highest BCUT2D eigenvalue weighted by Gasteiger charge is 2.13. The van der Waals surface area contributed by atoms with Crippen LogP contribution in [0.15, 0.2) is 29.2 Å². The predicted octanol–water partition coefficient (Wildman–Crippen LogP) is 2.65. The number of carboxylic acid groups (broad SMARTS) is 1. The van der Waals surface area contributed by atoms with Crippen molar-refractivity contribution in [3.63, 3.8) is 0 Å². The lowest BCUT2D eigenvalue weighted by atomic mass is 10.1. The number of nitrogens with zero attached hydrogens (tertiary/aromatic N) is 2. The molecular formula is C14H14Cl2N2O3. The molecule has 112 valence electrons. The largest absolute Gasteiger partial charge is 0.480 e. The fourth-order valence-corrected chi connectivity index (χ4v) is 2.66. The van der Waals surface area contributed by atoms with Crippen LogP contribution < -0.4 is 5.69 Å². The quantitative estimate of drug-likeness (QED) is 0.917. The average Bonchev–Trinajstić information content (AvgIpc) is 2.68. The number of aromatic nitrogens is 2. The van der Waals surface area contributed by atoms with Crippen molar-refractivity contribution in [3.05, 3.63) is 56.2 Å². The Hall–Kier alpha value is -1.72. The highest BCUT2D eigenvalue weighted by Crippen LogP contribution is 2.23. The second-order valence-corrected chi connectivity index (χ2v) is 5.43. The molecule has 21 heavy (non-hydrogen) atoms. The van der Waals surface area contributed by atoms with Gasteiger partial charge in [-0.15, -0.1) is 0 Å². The first-order chi connectivity index (χ1) is 9.92. The first kappa shape index (κ1) is 15.7. The topological polar surface area (TPSA) is 64.2 Å². The van der Waals surface area contributed by atoms with Crippen LogP contribution in [0.3, 0.4) is 0 Å². The van der Waals surface area contributed by atoms with Gasteiger partial charge in [0.15, 0.2) is 0 Å². The molecule has 0 unspecified atom stereocenters. The van der Waals surface area contributed by atoms with Gasteiger partial charge in [-0.1, -0.05) is 29.3 Å². The summed E-state index contributed by atoms with van der Waals surface area (Å²) in [6.07, 6.45) is 2.00. The predicted molar refractivity (Wildman–Crippen MR) is 81.3 cm³/mol. The molecule has 0 aliphatic heterocycles. The molecule has 1 N–H and O–H groups in total. The van der Waals surface area contributed by atoms with Crippen molar-refractivity contribution in [1.29, 1.82) is 0 Å². The van der Waals surface area contributed by atoms with Gasteiger partial charge in [-0.3, -0.25) is 13.9 Å². The van der Waals surface area contributed by atoms with E-state index in [0.29, 0.717) is 28.7 Å². The summed E-state index contributed by atoms with van der Waals surface area (Å²) in [6.45, 7) is 1.94. The summed E-state index contributed by atoms with van der Waals surface area (Å²) in [6, 6.07) is 5.16. The zero-order valence-electron chi connectivity index (χ0n) is 11.3. The smallest absolute Gasteiger partial charge is 0.328 e. The molecular weight excluding hydrogens is 315 g/mol. The van der Waals surface area contributed by atoms with Crippen LogP contribution in [0.4, 0.5) is 0 Å². The summed E-state index contributed by atoms with van der Waals surface area (Å²) in [5.74, 6) is -1.05. The Morgan fingerprint density at radius 1 is 1.33 bits per heavy atom. The summed E-state index contributed by atoms with van der Waals surface area (Å²) in [4.78, 5) is 22.9. The maximum Gasteiger partial charge on any atom is 0.328 e. The Morgan fingerprint density at radius 2 is 2.05 bits per heavy atom. The van der Waals surface area contributed by atoms with Crippen molar-refractivity contribution in [1.82, 2.24) is 9.13 Å². The van der Waals surface area contributed by atoms with Gasteiger partial charge in [0, 0.05) is 34.9 Å². The van der Waals surface area contributed by atoms with Gasteiger partial charge in [-0.25, -0.2) is 4.79 Å². The van der Waals surface area contributed by atoms with Gasteiger partial charge in [-0.2, -0.15) is 0 Å². The SMILES string of the molecule is CCn1c(Cc2ccc(Cl)cc2Cl)cn(CC(=O)O)c1=O. The third-order valence-corrected chi connectivity index (χ3v) is 3.72. The van der Waals surface area contributed by atoms with E-state index in [4.69, 9.17) is 28.3 Å². The molecule has 0 atom stereocenters. The lowest BCUT2D eigenvalue weighted by molar-refractivity contribution is -0.137. The lowest BCUT2D eigenvalue weighted by Crippen LogP contribution is -2.26. The van der Waals surface area contributed by atoms with Crippen molar-refractivity contribution >= 4 is 29.2 Å². The normalized spacial score (nSPS) is 10.8. The van der Waals surface area contributed by atoms with Gasteiger partial charge < -0.3 is 5.11 Å². The van der Waals surface area contributed by atoms with Crippen LogP contribution >= 0.6 is 23.2 Å². The summed E-state index contributed by atoms with van der Waals surface area (Å²) >= 11 is 12.0. The Balaban J connectivity index is 2.39. The number of hydrogen-bond donors (Lipinski definition) is 1. The summed E-state index contributed by atoms with van der Waals surface area (Å²) in [5.41, 5.74) is 1.21. The van der Waals surface area contributed by atoms with E-state index in [-0.39, 0.29) is 12.2 Å². The summed E-state index contributed by atoms with van der Waals surface area (Å²) < 4.78 is 2.72. The Labute approximate surface area is 131 Å². The van der Waals surface area contributed by atoms with Crippen LogP contribution in [-0.2, 0) is 24.3 Å². The van der Waals surface area contributed by atoms with Gasteiger partial charge >= 0.3 is 11.7 Å².